The fourth-order valence-corrected chi connectivity index (χ4v) is 3.63. The molecule has 0 atom stereocenters. The van der Waals surface area contributed by atoms with Gasteiger partial charge in [-0.25, -0.2) is 4.98 Å². The molecule has 4 aromatic rings. The van der Waals surface area contributed by atoms with E-state index >= 15 is 0 Å². The lowest BCUT2D eigenvalue weighted by Gasteiger charge is -2.25. The summed E-state index contributed by atoms with van der Waals surface area (Å²) in [6, 6.07) is 17.8. The summed E-state index contributed by atoms with van der Waals surface area (Å²) < 4.78 is 11.7. The van der Waals surface area contributed by atoms with Crippen molar-refractivity contribution in [2.75, 3.05) is 10.6 Å². The van der Waals surface area contributed by atoms with Gasteiger partial charge in [-0.15, -0.1) is 0 Å². The first-order valence-electron chi connectivity index (χ1n) is 9.22. The van der Waals surface area contributed by atoms with Gasteiger partial charge in [0.2, 0.25) is 0 Å². The maximum Gasteiger partial charge on any atom is 0.293 e. The highest BCUT2D eigenvalue weighted by Crippen LogP contribution is 2.29. The van der Waals surface area contributed by atoms with E-state index < -0.39 is 5.60 Å². The molecule has 2 N–H and O–H groups in total. The second kappa shape index (κ2) is 8.00. The Hall–Kier alpha value is -3.65. The number of amides is 2. The number of furan rings is 1. The first kappa shape index (κ1) is 19.7. The highest BCUT2D eigenvalue weighted by molar-refractivity contribution is 7.22. The summed E-state index contributed by atoms with van der Waals surface area (Å²) in [4.78, 5) is 29.3. The number of nitrogens with zero attached hydrogens (tertiary/aromatic N) is 1. The maximum absolute atomic E-state index is 12.7. The summed E-state index contributed by atoms with van der Waals surface area (Å²) in [5.74, 6) is 0.185. The van der Waals surface area contributed by atoms with Crippen molar-refractivity contribution in [1.29, 1.82) is 0 Å². The molecule has 0 saturated carbocycles. The van der Waals surface area contributed by atoms with E-state index in [0.717, 1.165) is 4.70 Å². The third-order valence-electron chi connectivity index (χ3n) is 4.27. The van der Waals surface area contributed by atoms with Gasteiger partial charge in [-0.3, -0.25) is 14.9 Å². The lowest BCUT2D eigenvalue weighted by atomic mass is 10.1. The van der Waals surface area contributed by atoms with E-state index in [9.17, 15) is 9.59 Å². The molecule has 7 nitrogen and oxygen atoms in total. The number of carbonyl (C=O) groups is 2. The summed E-state index contributed by atoms with van der Waals surface area (Å²) in [5.41, 5.74) is 0.268. The number of benzene rings is 2. The minimum atomic E-state index is -1.06. The van der Waals surface area contributed by atoms with Gasteiger partial charge in [0.1, 0.15) is 5.75 Å². The second-order valence-electron chi connectivity index (χ2n) is 7.01. The van der Waals surface area contributed by atoms with Crippen molar-refractivity contribution in [1.82, 2.24) is 4.98 Å². The normalized spacial score (nSPS) is 11.3. The fourth-order valence-electron chi connectivity index (χ4n) is 2.73. The lowest BCUT2D eigenvalue weighted by Crippen LogP contribution is -2.42. The zero-order valence-electron chi connectivity index (χ0n) is 16.3. The average Bonchev–Trinajstić information content (AvgIpc) is 3.37. The van der Waals surface area contributed by atoms with E-state index in [2.05, 4.69) is 15.6 Å². The number of carbonyl (C=O) groups excluding carboxylic acids is 2. The number of hydrogen-bond acceptors (Lipinski definition) is 6. The van der Waals surface area contributed by atoms with Crippen molar-refractivity contribution in [2.24, 2.45) is 0 Å². The molecule has 0 aliphatic heterocycles. The number of thiazole rings is 1. The zero-order valence-corrected chi connectivity index (χ0v) is 17.2. The Balaban J connectivity index is 1.46. The zero-order chi connectivity index (χ0) is 21.1. The third kappa shape index (κ3) is 4.33. The van der Waals surface area contributed by atoms with E-state index in [1.54, 1.807) is 50.2 Å². The van der Waals surface area contributed by atoms with E-state index in [0.29, 0.717) is 22.1 Å². The van der Waals surface area contributed by atoms with Gasteiger partial charge in [0, 0.05) is 5.69 Å². The molecule has 0 unspecified atom stereocenters. The van der Waals surface area contributed by atoms with Crippen LogP contribution < -0.4 is 15.4 Å². The molecule has 0 saturated heterocycles. The van der Waals surface area contributed by atoms with Crippen LogP contribution in [-0.2, 0) is 4.79 Å². The monoisotopic (exact) mass is 421 g/mol. The van der Waals surface area contributed by atoms with Crippen LogP contribution in [0.3, 0.4) is 0 Å². The van der Waals surface area contributed by atoms with Crippen LogP contribution in [0.1, 0.15) is 24.4 Å². The molecule has 2 heterocycles. The van der Waals surface area contributed by atoms with E-state index in [4.69, 9.17) is 9.15 Å². The number of hydrogen-bond donors (Lipinski definition) is 2. The van der Waals surface area contributed by atoms with Crippen LogP contribution in [0.5, 0.6) is 5.75 Å². The Bertz CT molecular complexity index is 1180. The van der Waals surface area contributed by atoms with Gasteiger partial charge in [-0.2, -0.15) is 0 Å². The molecule has 0 aliphatic carbocycles. The molecular weight excluding hydrogens is 402 g/mol. The van der Waals surface area contributed by atoms with Crippen molar-refractivity contribution >= 4 is 44.2 Å². The fraction of sp³-hybridized carbons (Fsp3) is 0.136. The number of ether oxygens (including phenoxy) is 1. The van der Waals surface area contributed by atoms with Gasteiger partial charge in [0.25, 0.3) is 11.8 Å². The van der Waals surface area contributed by atoms with Gasteiger partial charge in [0.05, 0.1) is 16.5 Å². The Morgan fingerprint density at radius 1 is 1.03 bits per heavy atom. The number of anilines is 2. The van der Waals surface area contributed by atoms with Crippen LogP contribution in [-0.4, -0.2) is 22.4 Å². The first-order valence-corrected chi connectivity index (χ1v) is 10.0. The van der Waals surface area contributed by atoms with Crippen LogP contribution in [0, 0.1) is 0 Å². The third-order valence-corrected chi connectivity index (χ3v) is 5.21. The van der Waals surface area contributed by atoms with Crippen LogP contribution in [0.15, 0.2) is 71.3 Å². The summed E-state index contributed by atoms with van der Waals surface area (Å²) >= 11 is 1.31. The molecule has 8 heteroatoms. The molecule has 152 valence electrons. The Morgan fingerprint density at radius 2 is 1.83 bits per heavy atom. The van der Waals surface area contributed by atoms with Gasteiger partial charge in [-0.1, -0.05) is 29.5 Å². The van der Waals surface area contributed by atoms with Crippen LogP contribution in [0.4, 0.5) is 10.8 Å². The molecule has 30 heavy (non-hydrogen) atoms. The van der Waals surface area contributed by atoms with Crippen molar-refractivity contribution < 1.29 is 18.7 Å². The minimum Gasteiger partial charge on any atom is -0.478 e. The lowest BCUT2D eigenvalue weighted by molar-refractivity contribution is -0.128. The highest BCUT2D eigenvalue weighted by atomic mass is 32.1. The molecule has 2 aromatic heterocycles. The Labute approximate surface area is 176 Å². The second-order valence-corrected chi connectivity index (χ2v) is 8.04. The SMILES string of the molecule is CC(C)(Oc1ccccc1)C(=O)Nc1ccc2nc(NC(=O)c3ccco3)sc2c1. The summed E-state index contributed by atoms with van der Waals surface area (Å²) in [5, 5.41) is 6.04. The van der Waals surface area contributed by atoms with E-state index in [1.165, 1.54) is 17.6 Å². The van der Waals surface area contributed by atoms with Gasteiger partial charge < -0.3 is 14.5 Å². The van der Waals surface area contributed by atoms with E-state index in [-0.39, 0.29) is 17.6 Å². The number of fused-ring (bicyclic) bond motifs is 1. The molecule has 0 spiro atoms. The smallest absolute Gasteiger partial charge is 0.293 e. The van der Waals surface area contributed by atoms with Gasteiger partial charge in [0.15, 0.2) is 16.5 Å². The Morgan fingerprint density at radius 3 is 2.57 bits per heavy atom. The summed E-state index contributed by atoms with van der Waals surface area (Å²) in [6.45, 7) is 3.42. The number of nitrogens with one attached hydrogen (secondary N) is 2. The van der Waals surface area contributed by atoms with Crippen LogP contribution >= 0.6 is 11.3 Å². The number of aromatic nitrogens is 1. The molecule has 0 bridgehead atoms. The molecular formula is C22H19N3O4S. The first-order chi connectivity index (χ1) is 14.4. The van der Waals surface area contributed by atoms with Crippen molar-refractivity contribution in [3.05, 3.63) is 72.7 Å². The highest BCUT2D eigenvalue weighted by Gasteiger charge is 2.30. The predicted octanol–water partition coefficient (Wildman–Crippen LogP) is 4.94. The molecule has 2 aromatic carbocycles. The topological polar surface area (TPSA) is 93.5 Å². The van der Waals surface area contributed by atoms with E-state index in [1.807, 2.05) is 24.3 Å². The molecule has 4 rings (SSSR count). The predicted molar refractivity (Wildman–Crippen MR) is 116 cm³/mol. The largest absolute Gasteiger partial charge is 0.478 e. The van der Waals surface area contributed by atoms with Gasteiger partial charge >= 0.3 is 0 Å². The maximum atomic E-state index is 12.7. The standard InChI is InChI=1S/C22H19N3O4S/c1-22(2,29-15-7-4-3-5-8-15)20(27)23-14-10-11-16-18(13-14)30-21(24-16)25-19(26)17-9-6-12-28-17/h3-13H,1-2H3,(H,23,27)(H,24,25,26). The summed E-state index contributed by atoms with van der Waals surface area (Å²) in [7, 11) is 0. The van der Waals surface area contributed by atoms with Crippen LogP contribution in [0.2, 0.25) is 0 Å². The molecule has 2 amide bonds. The summed E-state index contributed by atoms with van der Waals surface area (Å²) in [6.07, 6.45) is 1.44. The van der Waals surface area contributed by atoms with Crippen LogP contribution in [0.25, 0.3) is 10.2 Å². The number of rotatable bonds is 6. The molecule has 0 aliphatic rings. The minimum absolute atomic E-state index is 0.211. The Kier molecular flexibility index (Phi) is 5.24. The van der Waals surface area contributed by atoms with Crippen molar-refractivity contribution in [2.45, 2.75) is 19.4 Å². The number of para-hydroxylation sites is 1. The van der Waals surface area contributed by atoms with Crippen molar-refractivity contribution in [3.8, 4) is 5.75 Å². The molecule has 0 fully saturated rings. The molecule has 0 radical (unpaired) electrons. The quantitative estimate of drug-likeness (QED) is 0.460. The van der Waals surface area contributed by atoms with Crippen molar-refractivity contribution in [3.63, 3.8) is 0 Å². The van der Waals surface area contributed by atoms with Gasteiger partial charge in [-0.05, 0) is 56.3 Å². The average molecular weight is 421 g/mol.